The van der Waals surface area contributed by atoms with Crippen molar-refractivity contribution in [1.82, 2.24) is 4.98 Å². The van der Waals surface area contributed by atoms with E-state index in [2.05, 4.69) is 36.5 Å². The maximum absolute atomic E-state index is 11.9. The summed E-state index contributed by atoms with van der Waals surface area (Å²) in [6, 6.07) is 6.16. The number of anilines is 1. The van der Waals surface area contributed by atoms with E-state index in [1.54, 1.807) is 13.0 Å². The van der Waals surface area contributed by atoms with Crippen molar-refractivity contribution in [2.45, 2.75) is 38.6 Å². The highest BCUT2D eigenvalue weighted by atomic mass is 32.2. The van der Waals surface area contributed by atoms with E-state index < -0.39 is 10.1 Å². The summed E-state index contributed by atoms with van der Waals surface area (Å²) in [4.78, 5) is 4.66. The molecule has 0 bridgehead atoms. The van der Waals surface area contributed by atoms with E-state index in [-0.39, 0.29) is 10.9 Å². The van der Waals surface area contributed by atoms with Crippen molar-refractivity contribution >= 4 is 43.4 Å². The van der Waals surface area contributed by atoms with Gasteiger partial charge in [0.15, 0.2) is 0 Å². The molecule has 0 aliphatic carbocycles. The van der Waals surface area contributed by atoms with E-state index in [9.17, 15) is 13.0 Å². The van der Waals surface area contributed by atoms with Crippen molar-refractivity contribution in [2.24, 2.45) is 0 Å². The van der Waals surface area contributed by atoms with Gasteiger partial charge in [-0.3, -0.25) is 4.55 Å². The van der Waals surface area contributed by atoms with Gasteiger partial charge in [0.2, 0.25) is 0 Å². The molecule has 7 heteroatoms. The largest absolute Gasteiger partial charge is 0.378 e. The molecular formula is C20H20N2O3S2. The van der Waals surface area contributed by atoms with Crippen molar-refractivity contribution in [1.29, 1.82) is 0 Å². The summed E-state index contributed by atoms with van der Waals surface area (Å²) in [6.45, 7) is 7.74. The van der Waals surface area contributed by atoms with Crippen molar-refractivity contribution in [3.05, 3.63) is 46.5 Å². The predicted molar refractivity (Wildman–Crippen MR) is 111 cm³/mol. The molecule has 1 atom stereocenters. The first-order valence-corrected chi connectivity index (χ1v) is 10.9. The van der Waals surface area contributed by atoms with Gasteiger partial charge < -0.3 is 5.32 Å². The first-order chi connectivity index (χ1) is 12.6. The fourth-order valence-electron chi connectivity index (χ4n) is 3.61. The highest BCUT2D eigenvalue weighted by molar-refractivity contribution is 7.86. The Hall–Kier alpha value is -2.22. The summed E-state index contributed by atoms with van der Waals surface area (Å²) < 4.78 is 34.0. The van der Waals surface area contributed by atoms with Crippen molar-refractivity contribution in [3.8, 4) is 10.6 Å². The van der Waals surface area contributed by atoms with Crippen LogP contribution in [0, 0.1) is 20.8 Å². The van der Waals surface area contributed by atoms with Crippen LogP contribution in [0.2, 0.25) is 0 Å². The van der Waals surface area contributed by atoms with Gasteiger partial charge in [0.05, 0.1) is 10.2 Å². The molecule has 1 aliphatic heterocycles. The molecule has 140 valence electrons. The van der Waals surface area contributed by atoms with Crippen LogP contribution < -0.4 is 5.32 Å². The van der Waals surface area contributed by atoms with Gasteiger partial charge in [0, 0.05) is 17.3 Å². The topological polar surface area (TPSA) is 79.3 Å². The Balaban J connectivity index is 1.96. The maximum atomic E-state index is 11.9. The standard InChI is InChI=1S/C20H20N2O3S2/c1-10-7-12(3)19(27(23,24)25)18-17(10)22-20(26-18)15-8-11(2)16-14(9-15)6-5-13(4)21-16/h5-9,13,21H,1-4H3,(H,23,24,25). The molecule has 0 fully saturated rings. The lowest BCUT2D eigenvalue weighted by Gasteiger charge is -2.21. The van der Waals surface area contributed by atoms with Crippen LogP contribution in [0.25, 0.3) is 26.9 Å². The number of thiazole rings is 1. The lowest BCUT2D eigenvalue weighted by molar-refractivity contribution is 0.483. The molecule has 2 N–H and O–H groups in total. The van der Waals surface area contributed by atoms with Crippen LogP contribution in [0.5, 0.6) is 0 Å². The molecule has 0 spiro atoms. The molecule has 0 radical (unpaired) electrons. The number of nitrogens with one attached hydrogen (secondary N) is 1. The number of hydrogen-bond acceptors (Lipinski definition) is 5. The van der Waals surface area contributed by atoms with Crippen molar-refractivity contribution in [2.75, 3.05) is 5.32 Å². The molecule has 4 rings (SSSR count). The lowest BCUT2D eigenvalue weighted by Crippen LogP contribution is -2.16. The Bertz CT molecular complexity index is 1220. The van der Waals surface area contributed by atoms with Gasteiger partial charge in [-0.1, -0.05) is 18.2 Å². The van der Waals surface area contributed by atoms with Crippen LogP contribution >= 0.6 is 11.3 Å². The van der Waals surface area contributed by atoms with E-state index in [0.717, 1.165) is 32.9 Å². The van der Waals surface area contributed by atoms with Crippen LogP contribution in [0.1, 0.15) is 29.2 Å². The minimum absolute atomic E-state index is 0.0445. The summed E-state index contributed by atoms with van der Waals surface area (Å²) in [7, 11) is -4.33. The normalized spacial score (nSPS) is 16.4. The number of nitrogens with zero attached hydrogens (tertiary/aromatic N) is 1. The fourth-order valence-corrected chi connectivity index (χ4v) is 5.97. The number of hydrogen-bond donors (Lipinski definition) is 2. The first-order valence-electron chi connectivity index (χ1n) is 8.63. The minimum atomic E-state index is -4.33. The Kier molecular flexibility index (Phi) is 4.14. The third-order valence-electron chi connectivity index (χ3n) is 4.81. The molecule has 0 amide bonds. The van der Waals surface area contributed by atoms with Gasteiger partial charge in [-0.25, -0.2) is 4.98 Å². The fraction of sp³-hybridized carbons (Fsp3) is 0.250. The summed E-state index contributed by atoms with van der Waals surface area (Å²) >= 11 is 1.30. The molecule has 3 aromatic rings. The molecule has 0 saturated heterocycles. The van der Waals surface area contributed by atoms with E-state index in [1.807, 2.05) is 13.8 Å². The molecule has 5 nitrogen and oxygen atoms in total. The molecule has 1 aliphatic rings. The van der Waals surface area contributed by atoms with Crippen LogP contribution in [0.15, 0.2) is 29.2 Å². The number of benzene rings is 2. The van der Waals surface area contributed by atoms with Gasteiger partial charge in [-0.05, 0) is 62.1 Å². The quantitative estimate of drug-likeness (QED) is 0.594. The third-order valence-corrected chi connectivity index (χ3v) is 7.10. The second-order valence-corrected chi connectivity index (χ2v) is 9.42. The summed E-state index contributed by atoms with van der Waals surface area (Å²) in [5.41, 5.74) is 6.28. The second kappa shape index (κ2) is 6.15. The average Bonchev–Trinajstić information content (AvgIpc) is 2.99. The molecule has 27 heavy (non-hydrogen) atoms. The Labute approximate surface area is 162 Å². The van der Waals surface area contributed by atoms with E-state index in [4.69, 9.17) is 4.98 Å². The molecular weight excluding hydrogens is 380 g/mol. The van der Waals surface area contributed by atoms with Crippen LogP contribution in [0.4, 0.5) is 5.69 Å². The molecule has 0 saturated carbocycles. The molecule has 1 aromatic heterocycles. The predicted octanol–water partition coefficient (Wildman–Crippen LogP) is 4.96. The first kappa shape index (κ1) is 18.2. The maximum Gasteiger partial charge on any atom is 0.296 e. The second-order valence-electron chi connectivity index (χ2n) is 7.06. The smallest absolute Gasteiger partial charge is 0.296 e. The number of aryl methyl sites for hydroxylation is 3. The zero-order valence-electron chi connectivity index (χ0n) is 15.5. The third kappa shape index (κ3) is 3.05. The molecule has 2 heterocycles. The van der Waals surface area contributed by atoms with Gasteiger partial charge in [-0.15, -0.1) is 11.3 Å². The number of aromatic nitrogens is 1. The van der Waals surface area contributed by atoms with E-state index >= 15 is 0 Å². The number of fused-ring (bicyclic) bond motifs is 2. The summed E-state index contributed by atoms with van der Waals surface area (Å²) in [5.74, 6) is 0. The Morgan fingerprint density at radius 3 is 2.56 bits per heavy atom. The van der Waals surface area contributed by atoms with Crippen LogP contribution in [-0.4, -0.2) is 24.0 Å². The van der Waals surface area contributed by atoms with Crippen LogP contribution in [0.3, 0.4) is 0 Å². The Morgan fingerprint density at radius 1 is 1.11 bits per heavy atom. The van der Waals surface area contributed by atoms with E-state index in [1.165, 1.54) is 11.3 Å². The monoisotopic (exact) mass is 400 g/mol. The highest BCUT2D eigenvalue weighted by Crippen LogP contribution is 2.39. The van der Waals surface area contributed by atoms with Gasteiger partial charge in [0.25, 0.3) is 10.1 Å². The van der Waals surface area contributed by atoms with Gasteiger partial charge in [0.1, 0.15) is 9.90 Å². The zero-order valence-corrected chi connectivity index (χ0v) is 17.1. The lowest BCUT2D eigenvalue weighted by atomic mass is 9.99. The Morgan fingerprint density at radius 2 is 1.85 bits per heavy atom. The SMILES string of the molecule is Cc1cc(-c2nc3c(C)cc(C)c(S(=O)(=O)O)c3s2)cc2c1NC(C)C=C2. The van der Waals surface area contributed by atoms with Crippen molar-refractivity contribution < 1.29 is 13.0 Å². The average molecular weight is 401 g/mol. The van der Waals surface area contributed by atoms with E-state index in [0.29, 0.717) is 15.8 Å². The summed E-state index contributed by atoms with van der Waals surface area (Å²) in [6.07, 6.45) is 4.20. The zero-order chi connectivity index (χ0) is 19.5. The minimum Gasteiger partial charge on any atom is -0.378 e. The highest BCUT2D eigenvalue weighted by Gasteiger charge is 2.23. The summed E-state index contributed by atoms with van der Waals surface area (Å²) in [5, 5.41) is 4.20. The molecule has 1 unspecified atom stereocenters. The number of rotatable bonds is 2. The van der Waals surface area contributed by atoms with Gasteiger partial charge in [-0.2, -0.15) is 8.42 Å². The van der Waals surface area contributed by atoms with Gasteiger partial charge >= 0.3 is 0 Å². The van der Waals surface area contributed by atoms with Crippen LogP contribution in [-0.2, 0) is 10.1 Å². The van der Waals surface area contributed by atoms with Crippen molar-refractivity contribution in [3.63, 3.8) is 0 Å². The molecule has 2 aromatic carbocycles.